The summed E-state index contributed by atoms with van der Waals surface area (Å²) in [6.07, 6.45) is 1.83. The summed E-state index contributed by atoms with van der Waals surface area (Å²) in [5, 5.41) is 0. The highest BCUT2D eigenvalue weighted by atomic mass is 79.9. The molecule has 2 rings (SSSR count). The number of hydrogen-bond acceptors (Lipinski definition) is 5. The fourth-order valence-corrected chi connectivity index (χ4v) is 1.85. The van der Waals surface area contributed by atoms with Gasteiger partial charge in [-0.2, -0.15) is 4.98 Å². The zero-order valence-corrected chi connectivity index (χ0v) is 11.6. The van der Waals surface area contributed by atoms with Crippen molar-refractivity contribution in [3.63, 3.8) is 0 Å². The van der Waals surface area contributed by atoms with Crippen molar-refractivity contribution in [2.45, 2.75) is 20.0 Å². The van der Waals surface area contributed by atoms with Gasteiger partial charge in [0.1, 0.15) is 0 Å². The minimum Gasteiger partial charge on any atom is -0.474 e. The van der Waals surface area contributed by atoms with Gasteiger partial charge < -0.3 is 14.4 Å². The number of rotatable bonds is 3. The summed E-state index contributed by atoms with van der Waals surface area (Å²) >= 11 is 3.39. The third kappa shape index (κ3) is 3.29. The quantitative estimate of drug-likeness (QED) is 0.853. The molecule has 1 aromatic heterocycles. The lowest BCUT2D eigenvalue weighted by Crippen LogP contribution is -2.37. The molecule has 0 amide bonds. The van der Waals surface area contributed by atoms with Gasteiger partial charge in [-0.25, -0.2) is 4.98 Å². The number of hydrogen-bond donors (Lipinski definition) is 0. The first-order valence-electron chi connectivity index (χ1n) is 5.68. The molecule has 0 spiro atoms. The Hall–Kier alpha value is -0.880. The van der Waals surface area contributed by atoms with Crippen LogP contribution in [0.15, 0.2) is 10.7 Å². The molecule has 0 N–H and O–H groups in total. The van der Waals surface area contributed by atoms with E-state index in [0.717, 1.165) is 30.8 Å². The van der Waals surface area contributed by atoms with E-state index in [0.29, 0.717) is 11.8 Å². The highest BCUT2D eigenvalue weighted by Gasteiger charge is 2.16. The van der Waals surface area contributed by atoms with Gasteiger partial charge in [0, 0.05) is 13.1 Å². The predicted octanol–water partition coefficient (Wildman–Crippen LogP) is 1.86. The Morgan fingerprint density at radius 2 is 2.12 bits per heavy atom. The Kier molecular flexibility index (Phi) is 4.17. The third-order valence-corrected chi connectivity index (χ3v) is 2.88. The van der Waals surface area contributed by atoms with E-state index in [4.69, 9.17) is 9.47 Å². The highest BCUT2D eigenvalue weighted by molar-refractivity contribution is 9.10. The third-order valence-electron chi connectivity index (χ3n) is 2.34. The lowest BCUT2D eigenvalue weighted by molar-refractivity contribution is 0.122. The topological polar surface area (TPSA) is 47.5 Å². The first-order valence-corrected chi connectivity index (χ1v) is 6.48. The van der Waals surface area contributed by atoms with E-state index in [1.54, 1.807) is 6.20 Å². The Labute approximate surface area is 109 Å². The van der Waals surface area contributed by atoms with Gasteiger partial charge in [-0.15, -0.1) is 0 Å². The van der Waals surface area contributed by atoms with Gasteiger partial charge in [0.15, 0.2) is 0 Å². The van der Waals surface area contributed by atoms with E-state index in [1.807, 2.05) is 13.8 Å². The molecule has 0 bridgehead atoms. The SMILES string of the molecule is CC(C)Oc1nc(N2CCOCC2)ncc1Br. The first-order chi connectivity index (χ1) is 8.16. The lowest BCUT2D eigenvalue weighted by atomic mass is 10.4. The Balaban J connectivity index is 2.17. The van der Waals surface area contributed by atoms with Crippen LogP contribution in [0.2, 0.25) is 0 Å². The number of halogens is 1. The molecule has 1 fully saturated rings. The molecule has 94 valence electrons. The maximum Gasteiger partial charge on any atom is 0.233 e. The van der Waals surface area contributed by atoms with E-state index in [2.05, 4.69) is 30.8 Å². The molecule has 5 nitrogen and oxygen atoms in total. The first kappa shape index (κ1) is 12.6. The smallest absolute Gasteiger partial charge is 0.233 e. The zero-order chi connectivity index (χ0) is 12.3. The van der Waals surface area contributed by atoms with Gasteiger partial charge in [-0.1, -0.05) is 0 Å². The van der Waals surface area contributed by atoms with Crippen molar-refractivity contribution >= 4 is 21.9 Å². The van der Waals surface area contributed by atoms with Crippen molar-refractivity contribution < 1.29 is 9.47 Å². The number of anilines is 1. The molecular weight excluding hydrogens is 286 g/mol. The van der Waals surface area contributed by atoms with E-state index < -0.39 is 0 Å². The van der Waals surface area contributed by atoms with Crippen LogP contribution in [0.4, 0.5) is 5.95 Å². The molecule has 1 aliphatic heterocycles. The fraction of sp³-hybridized carbons (Fsp3) is 0.636. The van der Waals surface area contributed by atoms with Crippen molar-refractivity contribution in [3.8, 4) is 5.88 Å². The van der Waals surface area contributed by atoms with E-state index in [9.17, 15) is 0 Å². The molecule has 1 aromatic rings. The van der Waals surface area contributed by atoms with E-state index in [1.165, 1.54) is 0 Å². The highest BCUT2D eigenvalue weighted by Crippen LogP contribution is 2.25. The Bertz CT molecular complexity index is 381. The van der Waals surface area contributed by atoms with Crippen LogP contribution in [0.3, 0.4) is 0 Å². The summed E-state index contributed by atoms with van der Waals surface area (Å²) in [6.45, 7) is 7.04. The van der Waals surface area contributed by atoms with Crippen LogP contribution < -0.4 is 9.64 Å². The molecule has 6 heteroatoms. The summed E-state index contributed by atoms with van der Waals surface area (Å²) < 4.78 is 11.7. The number of morpholine rings is 1. The molecule has 1 saturated heterocycles. The van der Waals surface area contributed by atoms with Crippen molar-refractivity contribution in [1.29, 1.82) is 0 Å². The van der Waals surface area contributed by atoms with Gasteiger partial charge in [-0.3, -0.25) is 0 Å². The number of nitrogens with zero attached hydrogens (tertiary/aromatic N) is 3. The van der Waals surface area contributed by atoms with E-state index in [-0.39, 0.29) is 6.10 Å². The van der Waals surface area contributed by atoms with Crippen molar-refractivity contribution in [2.24, 2.45) is 0 Å². The monoisotopic (exact) mass is 301 g/mol. The van der Waals surface area contributed by atoms with Crippen molar-refractivity contribution in [3.05, 3.63) is 10.7 Å². The van der Waals surface area contributed by atoms with Crippen molar-refractivity contribution in [2.75, 3.05) is 31.2 Å². The van der Waals surface area contributed by atoms with Gasteiger partial charge in [0.05, 0.1) is 30.0 Å². The van der Waals surface area contributed by atoms with Gasteiger partial charge >= 0.3 is 0 Å². The second-order valence-electron chi connectivity index (χ2n) is 4.09. The number of ether oxygens (including phenoxy) is 2. The fourth-order valence-electron chi connectivity index (χ4n) is 1.56. The molecular formula is C11H16BrN3O2. The van der Waals surface area contributed by atoms with E-state index >= 15 is 0 Å². The molecule has 0 atom stereocenters. The molecule has 0 unspecified atom stereocenters. The minimum absolute atomic E-state index is 0.0961. The zero-order valence-electron chi connectivity index (χ0n) is 10.0. The summed E-state index contributed by atoms with van der Waals surface area (Å²) in [5.41, 5.74) is 0. The second-order valence-corrected chi connectivity index (χ2v) is 4.94. The average Bonchev–Trinajstić information content (AvgIpc) is 2.32. The molecule has 0 radical (unpaired) electrons. The van der Waals surface area contributed by atoms with Crippen molar-refractivity contribution in [1.82, 2.24) is 9.97 Å². The Morgan fingerprint density at radius 3 is 2.76 bits per heavy atom. The van der Waals surface area contributed by atoms with Crippen LogP contribution in [0, 0.1) is 0 Å². The van der Waals surface area contributed by atoms with Gasteiger partial charge in [-0.05, 0) is 29.8 Å². The average molecular weight is 302 g/mol. The summed E-state index contributed by atoms with van der Waals surface area (Å²) in [4.78, 5) is 10.8. The lowest BCUT2D eigenvalue weighted by Gasteiger charge is -2.27. The minimum atomic E-state index is 0.0961. The molecule has 0 aromatic carbocycles. The van der Waals surface area contributed by atoms with Crippen LogP contribution in [-0.4, -0.2) is 42.4 Å². The molecule has 2 heterocycles. The largest absolute Gasteiger partial charge is 0.474 e. The number of aromatic nitrogens is 2. The summed E-state index contributed by atoms with van der Waals surface area (Å²) in [5.74, 6) is 1.30. The second kappa shape index (κ2) is 5.64. The van der Waals surface area contributed by atoms with Crippen LogP contribution in [-0.2, 0) is 4.74 Å². The molecule has 0 aliphatic carbocycles. The van der Waals surface area contributed by atoms with Crippen LogP contribution in [0.1, 0.15) is 13.8 Å². The van der Waals surface area contributed by atoms with Gasteiger partial charge in [0.2, 0.25) is 11.8 Å². The maximum atomic E-state index is 5.62. The normalized spacial score (nSPS) is 16.4. The Morgan fingerprint density at radius 1 is 1.41 bits per heavy atom. The summed E-state index contributed by atoms with van der Waals surface area (Å²) in [7, 11) is 0. The predicted molar refractivity (Wildman–Crippen MR) is 68.5 cm³/mol. The molecule has 17 heavy (non-hydrogen) atoms. The van der Waals surface area contributed by atoms with Crippen LogP contribution in [0.5, 0.6) is 5.88 Å². The molecule has 0 saturated carbocycles. The van der Waals surface area contributed by atoms with Gasteiger partial charge in [0.25, 0.3) is 0 Å². The maximum absolute atomic E-state index is 5.62. The molecule has 1 aliphatic rings. The summed E-state index contributed by atoms with van der Waals surface area (Å²) in [6, 6.07) is 0. The standard InChI is InChI=1S/C11H16BrN3O2/c1-8(2)17-10-9(12)7-13-11(14-10)15-3-5-16-6-4-15/h7-8H,3-6H2,1-2H3. The van der Waals surface area contributed by atoms with Crippen LogP contribution in [0.25, 0.3) is 0 Å². The van der Waals surface area contributed by atoms with Crippen LogP contribution >= 0.6 is 15.9 Å².